The van der Waals surface area contributed by atoms with Crippen LogP contribution in [0.5, 0.6) is 5.75 Å². The highest BCUT2D eigenvalue weighted by Gasteiger charge is 2.12. The average molecular weight is 385 g/mol. The Bertz CT molecular complexity index is 874. The number of carbonyl (C=O) groups is 1. The number of aryl methyl sites for hydroxylation is 1. The Balaban J connectivity index is 1.46. The van der Waals surface area contributed by atoms with Crippen LogP contribution in [0.15, 0.2) is 59.1 Å². The predicted octanol–water partition coefficient (Wildman–Crippen LogP) is 4.43. The zero-order valence-corrected chi connectivity index (χ0v) is 15.8. The largest absolute Gasteiger partial charge is 0.491 e. The Hall–Kier alpha value is -2.79. The highest BCUT2D eigenvalue weighted by atomic mass is 35.5. The molecule has 0 spiro atoms. The van der Waals surface area contributed by atoms with Crippen LogP contribution in [0.1, 0.15) is 17.7 Å². The minimum absolute atomic E-state index is 0.0633. The third kappa shape index (κ3) is 5.11. The van der Waals surface area contributed by atoms with E-state index in [-0.39, 0.29) is 11.1 Å². The van der Waals surface area contributed by atoms with E-state index in [0.29, 0.717) is 31.7 Å². The standard InChI is InChI=1S/C21H21ClN2O3/c1-15-17(21(22)27-24-15)11-12-20(25)23-13-14-26-19-10-6-5-9-18(19)16-7-3-2-4-8-16/h2-10H,11-14H2,1H3,(H,23,25). The van der Waals surface area contributed by atoms with Gasteiger partial charge in [0.25, 0.3) is 0 Å². The summed E-state index contributed by atoms with van der Waals surface area (Å²) in [5.41, 5.74) is 3.62. The van der Waals surface area contributed by atoms with Crippen LogP contribution in [0, 0.1) is 6.92 Å². The second kappa shape index (κ2) is 9.24. The van der Waals surface area contributed by atoms with Crippen LogP contribution in [0.4, 0.5) is 0 Å². The van der Waals surface area contributed by atoms with Crippen LogP contribution in [0.2, 0.25) is 5.22 Å². The lowest BCUT2D eigenvalue weighted by molar-refractivity contribution is -0.121. The predicted molar refractivity (Wildman–Crippen MR) is 105 cm³/mol. The molecule has 1 aromatic heterocycles. The molecule has 0 bridgehead atoms. The van der Waals surface area contributed by atoms with Gasteiger partial charge in [-0.05, 0) is 36.6 Å². The second-order valence-corrected chi connectivity index (χ2v) is 6.42. The van der Waals surface area contributed by atoms with Crippen LogP contribution in [0.25, 0.3) is 11.1 Å². The first kappa shape index (κ1) is 19.0. The molecular formula is C21H21ClN2O3. The van der Waals surface area contributed by atoms with Gasteiger partial charge in [-0.1, -0.05) is 53.7 Å². The van der Waals surface area contributed by atoms with E-state index in [1.165, 1.54) is 0 Å². The number of hydrogen-bond acceptors (Lipinski definition) is 4. The fraction of sp³-hybridized carbons (Fsp3) is 0.238. The average Bonchev–Trinajstić information content (AvgIpc) is 3.02. The van der Waals surface area contributed by atoms with Crippen molar-refractivity contribution in [1.29, 1.82) is 0 Å². The Morgan fingerprint density at radius 2 is 1.89 bits per heavy atom. The number of para-hydroxylation sites is 1. The quantitative estimate of drug-likeness (QED) is 0.583. The molecule has 0 aliphatic rings. The first-order valence-electron chi connectivity index (χ1n) is 8.79. The normalized spacial score (nSPS) is 10.6. The summed E-state index contributed by atoms with van der Waals surface area (Å²) in [6, 6.07) is 17.9. The summed E-state index contributed by atoms with van der Waals surface area (Å²) in [4.78, 5) is 12.0. The topological polar surface area (TPSA) is 64.4 Å². The minimum atomic E-state index is -0.0633. The van der Waals surface area contributed by atoms with E-state index >= 15 is 0 Å². The Labute approximate surface area is 163 Å². The second-order valence-electron chi connectivity index (χ2n) is 6.08. The lowest BCUT2D eigenvalue weighted by atomic mass is 10.1. The third-order valence-corrected chi connectivity index (χ3v) is 4.49. The van der Waals surface area contributed by atoms with Crippen LogP contribution in [-0.2, 0) is 11.2 Å². The van der Waals surface area contributed by atoms with E-state index in [9.17, 15) is 4.79 Å². The van der Waals surface area contributed by atoms with Crippen molar-refractivity contribution in [3.8, 4) is 16.9 Å². The molecule has 140 valence electrons. The van der Waals surface area contributed by atoms with Crippen molar-refractivity contribution < 1.29 is 14.1 Å². The van der Waals surface area contributed by atoms with Gasteiger partial charge in [0.2, 0.25) is 11.1 Å². The minimum Gasteiger partial charge on any atom is -0.491 e. The van der Waals surface area contributed by atoms with Crippen molar-refractivity contribution in [1.82, 2.24) is 10.5 Å². The fourth-order valence-corrected chi connectivity index (χ4v) is 3.03. The number of benzene rings is 2. The van der Waals surface area contributed by atoms with E-state index in [1.807, 2.05) is 54.6 Å². The molecule has 3 aromatic rings. The number of halogens is 1. The zero-order chi connectivity index (χ0) is 19.1. The Morgan fingerprint density at radius 1 is 1.15 bits per heavy atom. The Morgan fingerprint density at radius 3 is 2.63 bits per heavy atom. The maximum Gasteiger partial charge on any atom is 0.229 e. The van der Waals surface area contributed by atoms with Gasteiger partial charge in [-0.2, -0.15) is 0 Å². The molecule has 6 heteroatoms. The molecule has 3 rings (SSSR count). The van der Waals surface area contributed by atoms with Crippen LogP contribution < -0.4 is 10.1 Å². The lowest BCUT2D eigenvalue weighted by Gasteiger charge is -2.12. The molecule has 1 amide bonds. The molecule has 0 radical (unpaired) electrons. The van der Waals surface area contributed by atoms with Gasteiger partial charge < -0.3 is 14.6 Å². The van der Waals surface area contributed by atoms with Crippen LogP contribution in [0.3, 0.4) is 0 Å². The van der Waals surface area contributed by atoms with Crippen molar-refractivity contribution in [2.75, 3.05) is 13.2 Å². The molecule has 5 nitrogen and oxygen atoms in total. The molecule has 1 heterocycles. The number of nitrogens with one attached hydrogen (secondary N) is 1. The number of hydrogen-bond donors (Lipinski definition) is 1. The number of ether oxygens (including phenoxy) is 1. The molecule has 0 saturated carbocycles. The summed E-state index contributed by atoms with van der Waals surface area (Å²) in [5.74, 6) is 0.733. The molecule has 0 unspecified atom stereocenters. The summed E-state index contributed by atoms with van der Waals surface area (Å²) >= 11 is 5.91. The van der Waals surface area contributed by atoms with Crippen LogP contribution in [-0.4, -0.2) is 24.2 Å². The molecule has 0 aliphatic heterocycles. The molecule has 1 N–H and O–H groups in total. The summed E-state index contributed by atoms with van der Waals surface area (Å²) in [6.45, 7) is 2.63. The molecule has 0 atom stereocenters. The van der Waals surface area contributed by atoms with Gasteiger partial charge in [0.1, 0.15) is 12.4 Å². The van der Waals surface area contributed by atoms with E-state index < -0.39 is 0 Å². The summed E-state index contributed by atoms with van der Waals surface area (Å²) in [7, 11) is 0. The van der Waals surface area contributed by atoms with Gasteiger partial charge in [-0.3, -0.25) is 4.79 Å². The summed E-state index contributed by atoms with van der Waals surface area (Å²) < 4.78 is 10.8. The van der Waals surface area contributed by atoms with Crippen molar-refractivity contribution in [3.05, 3.63) is 71.1 Å². The summed E-state index contributed by atoms with van der Waals surface area (Å²) in [5, 5.41) is 6.88. The highest BCUT2D eigenvalue weighted by molar-refractivity contribution is 6.29. The lowest BCUT2D eigenvalue weighted by Crippen LogP contribution is -2.28. The smallest absolute Gasteiger partial charge is 0.229 e. The van der Waals surface area contributed by atoms with E-state index in [1.54, 1.807) is 6.92 Å². The van der Waals surface area contributed by atoms with Gasteiger partial charge >= 0.3 is 0 Å². The summed E-state index contributed by atoms with van der Waals surface area (Å²) in [6.07, 6.45) is 0.820. The van der Waals surface area contributed by atoms with Gasteiger partial charge in [-0.25, -0.2) is 0 Å². The highest BCUT2D eigenvalue weighted by Crippen LogP contribution is 2.29. The fourth-order valence-electron chi connectivity index (χ4n) is 2.77. The molecule has 0 fully saturated rings. The van der Waals surface area contributed by atoms with E-state index in [0.717, 1.165) is 22.4 Å². The molecule has 27 heavy (non-hydrogen) atoms. The zero-order valence-electron chi connectivity index (χ0n) is 15.1. The maximum absolute atomic E-state index is 12.0. The maximum atomic E-state index is 12.0. The van der Waals surface area contributed by atoms with Gasteiger partial charge in [-0.15, -0.1) is 0 Å². The monoisotopic (exact) mass is 384 g/mol. The number of nitrogens with zero attached hydrogens (tertiary/aromatic N) is 1. The SMILES string of the molecule is Cc1noc(Cl)c1CCC(=O)NCCOc1ccccc1-c1ccccc1. The van der Waals surface area contributed by atoms with Gasteiger partial charge in [0.05, 0.1) is 12.2 Å². The third-order valence-electron chi connectivity index (χ3n) is 4.19. The number of amides is 1. The van der Waals surface area contributed by atoms with Crippen molar-refractivity contribution in [2.24, 2.45) is 0 Å². The van der Waals surface area contributed by atoms with Crippen LogP contribution >= 0.6 is 11.6 Å². The molecule has 2 aromatic carbocycles. The van der Waals surface area contributed by atoms with Gasteiger partial charge in [0, 0.05) is 17.5 Å². The molecular weight excluding hydrogens is 364 g/mol. The molecule has 0 aliphatic carbocycles. The van der Waals surface area contributed by atoms with E-state index in [2.05, 4.69) is 10.5 Å². The molecule has 0 saturated heterocycles. The van der Waals surface area contributed by atoms with Crippen molar-refractivity contribution in [3.63, 3.8) is 0 Å². The number of carbonyl (C=O) groups excluding carboxylic acids is 1. The number of aromatic nitrogens is 1. The van der Waals surface area contributed by atoms with Crippen molar-refractivity contribution >= 4 is 17.5 Å². The van der Waals surface area contributed by atoms with E-state index in [4.69, 9.17) is 20.9 Å². The number of rotatable bonds is 8. The first-order chi connectivity index (χ1) is 13.1. The van der Waals surface area contributed by atoms with Gasteiger partial charge in [0.15, 0.2) is 0 Å². The Kier molecular flexibility index (Phi) is 6.49. The van der Waals surface area contributed by atoms with Crippen molar-refractivity contribution in [2.45, 2.75) is 19.8 Å². The first-order valence-corrected chi connectivity index (χ1v) is 9.17.